The molecule has 2 aromatic carbocycles. The zero-order valence-electron chi connectivity index (χ0n) is 22.1. The minimum absolute atomic E-state index is 0.0413. The molecule has 5 rings (SSSR count). The first kappa shape index (κ1) is 28.1. The molecule has 1 saturated heterocycles. The van der Waals surface area contributed by atoms with E-state index in [0.717, 1.165) is 42.4 Å². The van der Waals surface area contributed by atoms with Crippen molar-refractivity contribution in [3.63, 3.8) is 0 Å². The number of rotatable bonds is 10. The second-order valence-corrected chi connectivity index (χ2v) is 11.6. The fourth-order valence-corrected chi connectivity index (χ4v) is 6.16. The van der Waals surface area contributed by atoms with Gasteiger partial charge in [-0.2, -0.15) is 5.26 Å². The molecule has 1 aromatic heterocycles. The van der Waals surface area contributed by atoms with Gasteiger partial charge in [-0.25, -0.2) is 4.98 Å². The van der Waals surface area contributed by atoms with Gasteiger partial charge in [0, 0.05) is 37.1 Å². The summed E-state index contributed by atoms with van der Waals surface area (Å²) in [5.41, 5.74) is 5.76. The van der Waals surface area contributed by atoms with Crippen molar-refractivity contribution in [2.45, 2.75) is 45.3 Å². The number of fused-ring (bicyclic) bond motifs is 1. The van der Waals surface area contributed by atoms with Gasteiger partial charge in [-0.1, -0.05) is 30.1 Å². The van der Waals surface area contributed by atoms with E-state index in [1.165, 1.54) is 34.4 Å². The number of nitrogens with zero attached hydrogens (tertiary/aromatic N) is 3. The number of nitrogens with one attached hydrogen (secondary N) is 1. The van der Waals surface area contributed by atoms with Gasteiger partial charge < -0.3 is 9.47 Å². The van der Waals surface area contributed by atoms with Crippen molar-refractivity contribution < 1.29 is 14.3 Å². The summed E-state index contributed by atoms with van der Waals surface area (Å²) >= 11 is 3.38. The summed E-state index contributed by atoms with van der Waals surface area (Å²) in [5, 5.41) is 10.4. The van der Waals surface area contributed by atoms with Crippen molar-refractivity contribution in [3.8, 4) is 32.8 Å². The molecule has 0 spiro atoms. The Kier molecular flexibility index (Phi) is 10.2. The topological polar surface area (TPSA) is 87.5 Å². The van der Waals surface area contributed by atoms with Gasteiger partial charge >= 0.3 is 0 Å². The van der Waals surface area contributed by atoms with E-state index in [0.29, 0.717) is 17.8 Å². The minimum atomic E-state index is 0.0413. The maximum atomic E-state index is 9.92. The lowest BCUT2D eigenvalue weighted by Crippen LogP contribution is -2.52. The van der Waals surface area contributed by atoms with E-state index in [1.807, 2.05) is 45.3 Å². The van der Waals surface area contributed by atoms with Crippen molar-refractivity contribution in [1.82, 2.24) is 14.6 Å². The lowest BCUT2D eigenvalue weighted by Gasteiger charge is -2.37. The lowest BCUT2D eigenvalue weighted by atomic mass is 10.0. The number of aryl methyl sites for hydroxylation is 1. The van der Waals surface area contributed by atoms with Crippen molar-refractivity contribution in [2.24, 2.45) is 0 Å². The van der Waals surface area contributed by atoms with Crippen LogP contribution in [0.3, 0.4) is 0 Å². The van der Waals surface area contributed by atoms with E-state index in [4.69, 9.17) is 9.47 Å². The third kappa shape index (κ3) is 7.14. The van der Waals surface area contributed by atoms with Crippen LogP contribution in [0.15, 0.2) is 42.6 Å². The summed E-state index contributed by atoms with van der Waals surface area (Å²) in [7, 11) is 1.92. The van der Waals surface area contributed by atoms with Crippen LogP contribution in [0.1, 0.15) is 37.0 Å². The van der Waals surface area contributed by atoms with Crippen LogP contribution >= 0.6 is 23.3 Å². The first-order chi connectivity index (χ1) is 18.5. The fraction of sp³-hybridized carbons (Fsp3) is 0.414. The molecular formula is C29H34N4O3S2. The molecule has 200 valence electrons. The second-order valence-electron chi connectivity index (χ2n) is 9.48. The highest BCUT2D eigenvalue weighted by Gasteiger charge is 2.27. The number of ether oxygens (including phenoxy) is 2. The Morgan fingerprint density at radius 3 is 2.87 bits per heavy atom. The molecule has 1 fully saturated rings. The number of carbonyl (C=O) groups is 1. The number of carbonyl (C=O) groups excluding carboxylic acids is 1. The highest BCUT2D eigenvalue weighted by molar-refractivity contribution is 7.97. The second kappa shape index (κ2) is 13.8. The Morgan fingerprint density at radius 1 is 1.29 bits per heavy atom. The van der Waals surface area contributed by atoms with E-state index < -0.39 is 0 Å². The van der Waals surface area contributed by atoms with E-state index in [2.05, 4.69) is 38.9 Å². The zero-order valence-corrected chi connectivity index (χ0v) is 23.7. The van der Waals surface area contributed by atoms with Crippen LogP contribution in [0.2, 0.25) is 0 Å². The third-order valence-electron chi connectivity index (χ3n) is 6.45. The predicted octanol–water partition coefficient (Wildman–Crippen LogP) is 5.34. The third-order valence-corrected chi connectivity index (χ3v) is 8.21. The highest BCUT2D eigenvalue weighted by atomic mass is 32.2. The molecule has 9 heteroatoms. The Hall–Kier alpha value is -2.90. The average Bonchev–Trinajstić information content (AvgIpc) is 3.58. The van der Waals surface area contributed by atoms with Crippen LogP contribution < -0.4 is 9.46 Å². The van der Waals surface area contributed by atoms with Gasteiger partial charge in [-0.3, -0.25) is 14.4 Å². The molecule has 1 aliphatic carbocycles. The SMILES string of the molecule is CC(C)Oc1ccc(-c2ncc(-c3cccc4c3CCC4)s2)cc1C#N.CNSCCN1CC(OC=O)C1. The molecule has 0 unspecified atom stereocenters. The van der Waals surface area contributed by atoms with Gasteiger partial charge in [-0.05, 0) is 75.0 Å². The largest absolute Gasteiger partial charge is 0.490 e. The molecule has 2 aliphatic rings. The fourth-order valence-electron chi connectivity index (χ4n) is 4.64. The maximum Gasteiger partial charge on any atom is 0.293 e. The van der Waals surface area contributed by atoms with E-state index in [1.54, 1.807) is 23.3 Å². The highest BCUT2D eigenvalue weighted by Crippen LogP contribution is 2.38. The summed E-state index contributed by atoms with van der Waals surface area (Å²) in [6, 6.07) is 14.5. The van der Waals surface area contributed by atoms with E-state index in [9.17, 15) is 10.1 Å². The first-order valence-corrected chi connectivity index (χ1v) is 14.7. The van der Waals surface area contributed by atoms with Crippen LogP contribution in [0.5, 0.6) is 5.75 Å². The van der Waals surface area contributed by atoms with Gasteiger partial charge in [0.1, 0.15) is 22.9 Å². The Morgan fingerprint density at radius 2 is 2.13 bits per heavy atom. The molecule has 0 bridgehead atoms. The predicted molar refractivity (Wildman–Crippen MR) is 154 cm³/mol. The van der Waals surface area contributed by atoms with Crippen LogP contribution in [0, 0.1) is 11.3 Å². The summed E-state index contributed by atoms with van der Waals surface area (Å²) in [4.78, 5) is 18.0. The van der Waals surface area contributed by atoms with Gasteiger partial charge in [0.25, 0.3) is 6.47 Å². The standard InChI is InChI=1S/C22H20N2OS.C7H14N2O2S/c1-14(2)25-20-10-9-16(11-17(20)12-23)22-24-13-21(26-22)19-8-4-6-15-5-3-7-18(15)19;1-8-12-3-2-9-4-7(5-9)11-6-10/h4,6,8-11,13-14H,3,5,7H2,1-2H3;6-8H,2-5H2,1H3. The van der Waals surface area contributed by atoms with Crippen molar-refractivity contribution in [1.29, 1.82) is 5.26 Å². The molecule has 2 heterocycles. The van der Waals surface area contributed by atoms with Gasteiger partial charge in [0.05, 0.1) is 16.5 Å². The van der Waals surface area contributed by atoms with Crippen molar-refractivity contribution in [2.75, 3.05) is 32.4 Å². The first-order valence-electron chi connectivity index (χ1n) is 12.9. The normalized spacial score (nSPS) is 14.7. The molecule has 38 heavy (non-hydrogen) atoms. The lowest BCUT2D eigenvalue weighted by molar-refractivity contribution is -0.141. The molecule has 1 aliphatic heterocycles. The summed E-state index contributed by atoms with van der Waals surface area (Å²) in [6.45, 7) is 7.29. The number of nitriles is 1. The Balaban J connectivity index is 0.000000236. The number of benzene rings is 2. The molecular weight excluding hydrogens is 516 g/mol. The summed E-state index contributed by atoms with van der Waals surface area (Å²) in [6.07, 6.45) is 5.71. The summed E-state index contributed by atoms with van der Waals surface area (Å²) in [5.74, 6) is 1.70. The molecule has 3 aromatic rings. The molecule has 0 amide bonds. The van der Waals surface area contributed by atoms with Crippen molar-refractivity contribution in [3.05, 3.63) is 59.3 Å². The zero-order chi connectivity index (χ0) is 26.9. The Bertz CT molecular complexity index is 1260. The average molecular weight is 551 g/mol. The number of thiazole rings is 1. The maximum absolute atomic E-state index is 9.92. The Labute approximate surface area is 233 Å². The molecule has 0 saturated carbocycles. The van der Waals surface area contributed by atoms with E-state index in [-0.39, 0.29) is 12.2 Å². The van der Waals surface area contributed by atoms with Gasteiger partial charge in [0.15, 0.2) is 0 Å². The van der Waals surface area contributed by atoms with Crippen LogP contribution in [-0.2, 0) is 22.4 Å². The number of hydrogen-bond donors (Lipinski definition) is 1. The molecule has 1 N–H and O–H groups in total. The number of likely N-dealkylation sites (tertiary alicyclic amines) is 1. The quantitative estimate of drug-likeness (QED) is 0.206. The van der Waals surface area contributed by atoms with Crippen LogP contribution in [-0.4, -0.2) is 61.0 Å². The monoisotopic (exact) mass is 550 g/mol. The number of aromatic nitrogens is 1. The molecule has 7 nitrogen and oxygen atoms in total. The van der Waals surface area contributed by atoms with Gasteiger partial charge in [0.2, 0.25) is 0 Å². The van der Waals surface area contributed by atoms with Crippen molar-refractivity contribution >= 4 is 29.8 Å². The molecule has 0 radical (unpaired) electrons. The number of hydrogen-bond acceptors (Lipinski definition) is 9. The smallest absolute Gasteiger partial charge is 0.293 e. The summed E-state index contributed by atoms with van der Waals surface area (Å²) < 4.78 is 13.5. The van der Waals surface area contributed by atoms with Crippen LogP contribution in [0.4, 0.5) is 0 Å². The van der Waals surface area contributed by atoms with E-state index >= 15 is 0 Å². The molecule has 0 atom stereocenters. The minimum Gasteiger partial charge on any atom is -0.490 e. The van der Waals surface area contributed by atoms with Crippen LogP contribution in [0.25, 0.3) is 21.0 Å². The van der Waals surface area contributed by atoms with Gasteiger partial charge in [-0.15, -0.1) is 11.3 Å².